The summed E-state index contributed by atoms with van der Waals surface area (Å²) in [5, 5.41) is 21.1. The molecular formula is C21H22IN5O3. The lowest BCUT2D eigenvalue weighted by Gasteiger charge is -2.30. The molecule has 0 spiro atoms. The smallest absolute Gasteiger partial charge is 0.407 e. The summed E-state index contributed by atoms with van der Waals surface area (Å²) in [5.41, 5.74) is 2.82. The fraction of sp³-hybridized carbons (Fsp3) is 0.333. The van der Waals surface area contributed by atoms with Crippen molar-refractivity contribution in [1.29, 1.82) is 5.26 Å². The summed E-state index contributed by atoms with van der Waals surface area (Å²) in [7, 11) is 0. The molecule has 3 rings (SSSR count). The van der Waals surface area contributed by atoms with E-state index >= 15 is 0 Å². The lowest BCUT2D eigenvalue weighted by atomic mass is 10.1. The first kappa shape index (κ1) is 21.8. The number of halogens is 1. The van der Waals surface area contributed by atoms with E-state index in [0.717, 1.165) is 26.0 Å². The normalized spacial score (nSPS) is 14.5. The molecule has 2 heterocycles. The zero-order valence-corrected chi connectivity index (χ0v) is 18.9. The Bertz CT molecular complexity index is 987. The van der Waals surface area contributed by atoms with Gasteiger partial charge >= 0.3 is 6.09 Å². The van der Waals surface area contributed by atoms with Crippen LogP contribution in [0.2, 0.25) is 0 Å². The Labute approximate surface area is 188 Å². The molecule has 9 heteroatoms. The number of carbonyl (C=O) groups is 1. The van der Waals surface area contributed by atoms with Crippen molar-refractivity contribution in [2.75, 3.05) is 18.4 Å². The number of nitrogens with zero attached hydrogens (tertiary/aromatic N) is 4. The van der Waals surface area contributed by atoms with Gasteiger partial charge in [-0.25, -0.2) is 9.78 Å². The largest absolute Gasteiger partial charge is 0.465 e. The molecule has 156 valence electrons. The van der Waals surface area contributed by atoms with Gasteiger partial charge < -0.3 is 20.1 Å². The molecule has 1 aromatic heterocycles. The highest BCUT2D eigenvalue weighted by molar-refractivity contribution is 14.1. The van der Waals surface area contributed by atoms with Crippen LogP contribution in [0.4, 0.5) is 10.7 Å². The molecule has 1 saturated heterocycles. The van der Waals surface area contributed by atoms with Gasteiger partial charge in [0.25, 0.3) is 0 Å². The highest BCUT2D eigenvalue weighted by Crippen LogP contribution is 2.32. The Kier molecular flexibility index (Phi) is 7.10. The Hall–Kier alpha value is -2.87. The fourth-order valence-corrected chi connectivity index (χ4v) is 3.73. The number of rotatable bonds is 5. The second-order valence-electron chi connectivity index (χ2n) is 7.08. The van der Waals surface area contributed by atoms with E-state index in [0.29, 0.717) is 37.8 Å². The van der Waals surface area contributed by atoms with Gasteiger partial charge in [0, 0.05) is 31.4 Å². The Balaban J connectivity index is 1.74. The van der Waals surface area contributed by atoms with Gasteiger partial charge in [0.2, 0.25) is 11.8 Å². The maximum atomic E-state index is 11.0. The van der Waals surface area contributed by atoms with Gasteiger partial charge in [0.15, 0.2) is 0 Å². The van der Waals surface area contributed by atoms with Crippen LogP contribution in [-0.2, 0) is 0 Å². The summed E-state index contributed by atoms with van der Waals surface area (Å²) in [6, 6.07) is 6.03. The monoisotopic (exact) mass is 519 g/mol. The summed E-state index contributed by atoms with van der Waals surface area (Å²) >= 11 is 2.14. The minimum Gasteiger partial charge on any atom is -0.465 e. The molecule has 1 amide bonds. The number of amides is 1. The summed E-state index contributed by atoms with van der Waals surface area (Å²) < 4.78 is 6.92. The molecule has 1 aromatic carbocycles. The third-order valence-corrected chi connectivity index (χ3v) is 5.58. The van der Waals surface area contributed by atoms with Crippen molar-refractivity contribution in [3.05, 3.63) is 44.7 Å². The number of aryl methyl sites for hydroxylation is 2. The van der Waals surface area contributed by atoms with Gasteiger partial charge in [0.1, 0.15) is 5.75 Å². The number of allylic oxidation sites excluding steroid dienone is 1. The Morgan fingerprint density at radius 1 is 1.37 bits per heavy atom. The van der Waals surface area contributed by atoms with Gasteiger partial charge in [0.05, 0.1) is 9.64 Å². The molecule has 0 unspecified atom stereocenters. The molecule has 0 bridgehead atoms. The number of nitrogens with one attached hydrogen (secondary N) is 1. The fourth-order valence-electron chi connectivity index (χ4n) is 3.36. The lowest BCUT2D eigenvalue weighted by molar-refractivity contribution is 0.133. The van der Waals surface area contributed by atoms with Crippen LogP contribution in [0.15, 0.2) is 24.4 Å². The molecule has 2 aromatic rings. The quantitative estimate of drug-likeness (QED) is 0.440. The summed E-state index contributed by atoms with van der Waals surface area (Å²) in [6.45, 7) is 4.89. The summed E-state index contributed by atoms with van der Waals surface area (Å²) in [5.74, 6) is 1.65. The van der Waals surface area contributed by atoms with Crippen molar-refractivity contribution in [3.8, 4) is 17.7 Å². The molecule has 0 aliphatic carbocycles. The lowest BCUT2D eigenvalue weighted by Crippen LogP contribution is -2.41. The number of hydrogen-bond acceptors (Lipinski definition) is 6. The molecule has 1 aliphatic heterocycles. The van der Waals surface area contributed by atoms with E-state index in [2.05, 4.69) is 37.9 Å². The van der Waals surface area contributed by atoms with E-state index in [9.17, 15) is 4.79 Å². The number of ether oxygens (including phenoxy) is 1. The number of hydrogen-bond donors (Lipinski definition) is 2. The second-order valence-corrected chi connectivity index (χ2v) is 8.25. The molecular weight excluding hydrogens is 497 g/mol. The SMILES string of the molecule is Cc1cc(C=CC#N)cc(C)c1Oc1nc(NC2CCN(C(=O)O)CC2)ncc1I. The molecule has 0 atom stereocenters. The molecule has 1 fully saturated rings. The van der Waals surface area contributed by atoms with Gasteiger partial charge in [-0.05, 0) is 84.2 Å². The number of aromatic nitrogens is 2. The van der Waals surface area contributed by atoms with Gasteiger partial charge in [-0.2, -0.15) is 10.2 Å². The molecule has 30 heavy (non-hydrogen) atoms. The topological polar surface area (TPSA) is 111 Å². The molecule has 0 saturated carbocycles. The maximum Gasteiger partial charge on any atom is 0.407 e. The third kappa shape index (κ3) is 5.38. The predicted octanol–water partition coefficient (Wildman–Crippen LogP) is 4.58. The Morgan fingerprint density at radius 3 is 2.63 bits per heavy atom. The van der Waals surface area contributed by atoms with Crippen molar-refractivity contribution in [1.82, 2.24) is 14.9 Å². The zero-order chi connectivity index (χ0) is 21.7. The third-order valence-electron chi connectivity index (χ3n) is 4.84. The van der Waals surface area contributed by atoms with Crippen LogP contribution >= 0.6 is 22.6 Å². The van der Waals surface area contributed by atoms with E-state index in [4.69, 9.17) is 15.1 Å². The minimum atomic E-state index is -0.880. The predicted molar refractivity (Wildman–Crippen MR) is 122 cm³/mol. The average Bonchev–Trinajstić information content (AvgIpc) is 2.71. The molecule has 1 aliphatic rings. The first-order chi connectivity index (χ1) is 14.4. The van der Waals surface area contributed by atoms with Crippen LogP contribution in [0.1, 0.15) is 29.5 Å². The van der Waals surface area contributed by atoms with Crippen molar-refractivity contribution in [2.24, 2.45) is 0 Å². The van der Waals surface area contributed by atoms with Crippen LogP contribution in [-0.4, -0.2) is 45.2 Å². The van der Waals surface area contributed by atoms with Crippen LogP contribution in [0.5, 0.6) is 11.6 Å². The van der Waals surface area contributed by atoms with Crippen LogP contribution < -0.4 is 10.1 Å². The number of piperidine rings is 1. The average molecular weight is 519 g/mol. The minimum absolute atomic E-state index is 0.114. The zero-order valence-electron chi connectivity index (χ0n) is 16.7. The summed E-state index contributed by atoms with van der Waals surface area (Å²) in [4.78, 5) is 21.3. The van der Waals surface area contributed by atoms with E-state index in [1.54, 1.807) is 12.3 Å². The highest BCUT2D eigenvalue weighted by Gasteiger charge is 2.23. The van der Waals surface area contributed by atoms with E-state index in [-0.39, 0.29) is 6.04 Å². The standard InChI is InChI=1S/C21H22IN5O3/c1-13-10-15(4-3-7-23)11-14(2)18(13)30-19-17(22)12-24-20(26-19)25-16-5-8-27(9-6-16)21(28)29/h3-4,10-12,16H,5-6,8-9H2,1-2H3,(H,28,29)(H,24,25,26). The number of carboxylic acid groups (broad SMARTS) is 1. The van der Waals surface area contributed by atoms with Crippen molar-refractivity contribution in [2.45, 2.75) is 32.7 Å². The van der Waals surface area contributed by atoms with Gasteiger partial charge in [-0.3, -0.25) is 0 Å². The number of likely N-dealkylation sites (tertiary alicyclic amines) is 1. The van der Waals surface area contributed by atoms with Crippen LogP contribution in [0, 0.1) is 28.7 Å². The van der Waals surface area contributed by atoms with E-state index in [1.165, 1.54) is 11.0 Å². The Morgan fingerprint density at radius 2 is 2.03 bits per heavy atom. The number of nitriles is 1. The van der Waals surface area contributed by atoms with Gasteiger partial charge in [-0.15, -0.1) is 0 Å². The maximum absolute atomic E-state index is 11.0. The van der Waals surface area contributed by atoms with E-state index in [1.807, 2.05) is 32.0 Å². The van der Waals surface area contributed by atoms with Gasteiger partial charge in [-0.1, -0.05) is 0 Å². The number of benzene rings is 1. The first-order valence-corrected chi connectivity index (χ1v) is 10.6. The van der Waals surface area contributed by atoms with Crippen molar-refractivity contribution in [3.63, 3.8) is 0 Å². The summed E-state index contributed by atoms with van der Waals surface area (Å²) in [6.07, 6.45) is 5.43. The van der Waals surface area contributed by atoms with Crippen LogP contribution in [0.3, 0.4) is 0 Å². The van der Waals surface area contributed by atoms with Crippen molar-refractivity contribution < 1.29 is 14.6 Å². The first-order valence-electron chi connectivity index (χ1n) is 9.49. The highest BCUT2D eigenvalue weighted by atomic mass is 127. The molecule has 8 nitrogen and oxygen atoms in total. The molecule has 2 N–H and O–H groups in total. The number of anilines is 1. The second kappa shape index (κ2) is 9.75. The van der Waals surface area contributed by atoms with Crippen LogP contribution in [0.25, 0.3) is 6.08 Å². The molecule has 0 radical (unpaired) electrons. The van der Waals surface area contributed by atoms with Crippen molar-refractivity contribution >= 4 is 40.7 Å². The van der Waals surface area contributed by atoms with E-state index < -0.39 is 6.09 Å².